The highest BCUT2D eigenvalue weighted by molar-refractivity contribution is 5.49. The highest BCUT2D eigenvalue weighted by atomic mass is 19.1. The first-order valence-corrected chi connectivity index (χ1v) is 6.24. The Kier molecular flexibility index (Phi) is 4.20. The van der Waals surface area contributed by atoms with Gasteiger partial charge < -0.3 is 10.2 Å². The quantitative estimate of drug-likeness (QED) is 0.869. The Morgan fingerprint density at radius 1 is 1.33 bits per heavy atom. The van der Waals surface area contributed by atoms with Crippen LogP contribution in [0.2, 0.25) is 0 Å². The van der Waals surface area contributed by atoms with Crippen molar-refractivity contribution in [2.24, 2.45) is 0 Å². The van der Waals surface area contributed by atoms with Gasteiger partial charge in [-0.25, -0.2) is 4.39 Å². The van der Waals surface area contributed by atoms with Crippen molar-refractivity contribution < 1.29 is 9.13 Å². The third-order valence-electron chi connectivity index (χ3n) is 3.17. The molecule has 0 aliphatic carbocycles. The zero-order chi connectivity index (χ0) is 13.0. The van der Waals surface area contributed by atoms with Crippen molar-refractivity contribution in [1.82, 2.24) is 5.43 Å². The number of anilines is 1. The molecule has 0 bridgehead atoms. The summed E-state index contributed by atoms with van der Waals surface area (Å²) in [5.41, 5.74) is 6.97. The van der Waals surface area contributed by atoms with E-state index in [1.807, 2.05) is 5.01 Å². The summed E-state index contributed by atoms with van der Waals surface area (Å²) in [7, 11) is 1.71. The molecule has 0 atom stereocenters. The maximum atomic E-state index is 12.9. The van der Waals surface area contributed by atoms with Crippen LogP contribution < -0.4 is 10.4 Å². The van der Waals surface area contributed by atoms with E-state index in [1.165, 1.54) is 23.4 Å². The van der Waals surface area contributed by atoms with Crippen molar-refractivity contribution >= 4 is 5.69 Å². The van der Waals surface area contributed by atoms with Gasteiger partial charge in [-0.15, -0.1) is 0 Å². The van der Waals surface area contributed by atoms with Crippen molar-refractivity contribution in [2.45, 2.75) is 19.8 Å². The van der Waals surface area contributed by atoms with Crippen LogP contribution in [0.3, 0.4) is 0 Å². The zero-order valence-electron chi connectivity index (χ0n) is 10.9. The van der Waals surface area contributed by atoms with Crippen molar-refractivity contribution in [2.75, 3.05) is 25.3 Å². The van der Waals surface area contributed by atoms with E-state index < -0.39 is 0 Å². The van der Waals surface area contributed by atoms with E-state index in [4.69, 9.17) is 4.74 Å². The van der Waals surface area contributed by atoms with Gasteiger partial charge in [-0.05, 0) is 36.3 Å². The molecule has 18 heavy (non-hydrogen) atoms. The Hall–Kier alpha value is -1.55. The molecule has 0 spiro atoms. The van der Waals surface area contributed by atoms with Crippen LogP contribution in [-0.4, -0.2) is 20.3 Å². The summed E-state index contributed by atoms with van der Waals surface area (Å²) in [6.45, 7) is 3.71. The number of benzene rings is 1. The highest BCUT2D eigenvalue weighted by Gasteiger charge is 2.20. The molecule has 1 aromatic rings. The van der Waals surface area contributed by atoms with E-state index in [0.29, 0.717) is 6.61 Å². The zero-order valence-corrected chi connectivity index (χ0v) is 10.9. The highest BCUT2D eigenvalue weighted by Crippen LogP contribution is 2.24. The molecule has 3 nitrogen and oxygen atoms in total. The van der Waals surface area contributed by atoms with E-state index in [2.05, 4.69) is 12.3 Å². The molecule has 0 unspecified atom stereocenters. The van der Waals surface area contributed by atoms with Gasteiger partial charge in [0.25, 0.3) is 0 Å². The summed E-state index contributed by atoms with van der Waals surface area (Å²) < 4.78 is 18.0. The predicted molar refractivity (Wildman–Crippen MR) is 70.7 cm³/mol. The normalized spacial score (nSPS) is 15.2. The molecule has 1 N–H and O–H groups in total. The number of halogens is 1. The van der Waals surface area contributed by atoms with E-state index in [9.17, 15) is 4.39 Å². The van der Waals surface area contributed by atoms with E-state index in [1.54, 1.807) is 19.2 Å². The fourth-order valence-electron chi connectivity index (χ4n) is 2.11. The summed E-state index contributed by atoms with van der Waals surface area (Å²) >= 11 is 0. The Bertz CT molecular complexity index is 428. The van der Waals surface area contributed by atoms with Gasteiger partial charge in [0.2, 0.25) is 0 Å². The van der Waals surface area contributed by atoms with E-state index >= 15 is 0 Å². The molecule has 0 aromatic heterocycles. The first-order chi connectivity index (χ1) is 8.74. The lowest BCUT2D eigenvalue weighted by Crippen LogP contribution is -2.32. The number of nitrogens with one attached hydrogen (secondary N) is 1. The van der Waals surface area contributed by atoms with Crippen LogP contribution in [-0.2, 0) is 4.74 Å². The first kappa shape index (κ1) is 12.9. The van der Waals surface area contributed by atoms with E-state index in [-0.39, 0.29) is 5.82 Å². The SMILES string of the molecule is CCC1=C(CCOC)NN(c2ccc(F)cc2)C1. The van der Waals surface area contributed by atoms with Crippen LogP contribution in [0.4, 0.5) is 10.1 Å². The third kappa shape index (κ3) is 2.82. The Morgan fingerprint density at radius 2 is 2.06 bits per heavy atom. The second-order valence-electron chi connectivity index (χ2n) is 4.35. The molecule has 4 heteroatoms. The summed E-state index contributed by atoms with van der Waals surface area (Å²) in [6, 6.07) is 6.54. The molecule has 0 saturated heterocycles. The molecule has 2 rings (SSSR count). The van der Waals surface area contributed by atoms with Crippen LogP contribution in [0.1, 0.15) is 19.8 Å². The minimum atomic E-state index is -0.207. The molecule has 1 aliphatic rings. The van der Waals surface area contributed by atoms with Crippen molar-refractivity contribution in [1.29, 1.82) is 0 Å². The predicted octanol–water partition coefficient (Wildman–Crippen LogP) is 2.85. The third-order valence-corrected chi connectivity index (χ3v) is 3.17. The number of ether oxygens (including phenoxy) is 1. The number of hydrogen-bond donors (Lipinski definition) is 1. The average Bonchev–Trinajstić information content (AvgIpc) is 2.80. The molecule has 0 amide bonds. The Labute approximate surface area is 107 Å². The molecule has 0 saturated carbocycles. The van der Waals surface area contributed by atoms with Gasteiger partial charge in [-0.2, -0.15) is 0 Å². The van der Waals surface area contributed by atoms with Gasteiger partial charge in [-0.1, -0.05) is 6.92 Å². The molecule has 1 aliphatic heterocycles. The van der Waals surface area contributed by atoms with Crippen LogP contribution in [0.15, 0.2) is 35.5 Å². The largest absolute Gasteiger partial charge is 0.384 e. The van der Waals surface area contributed by atoms with Crippen LogP contribution in [0.5, 0.6) is 0 Å². The fourth-order valence-corrected chi connectivity index (χ4v) is 2.11. The summed E-state index contributed by atoms with van der Waals surface area (Å²) in [5.74, 6) is -0.207. The van der Waals surface area contributed by atoms with Crippen LogP contribution in [0, 0.1) is 5.82 Å². The van der Waals surface area contributed by atoms with Gasteiger partial charge in [-0.3, -0.25) is 5.01 Å². The first-order valence-electron chi connectivity index (χ1n) is 6.24. The van der Waals surface area contributed by atoms with Crippen LogP contribution >= 0.6 is 0 Å². The monoisotopic (exact) mass is 250 g/mol. The van der Waals surface area contributed by atoms with E-state index in [0.717, 1.165) is 25.1 Å². The summed E-state index contributed by atoms with van der Waals surface area (Å²) in [4.78, 5) is 0. The van der Waals surface area contributed by atoms with Crippen LogP contribution in [0.25, 0.3) is 0 Å². The minimum absolute atomic E-state index is 0.207. The molecule has 98 valence electrons. The number of hydrazine groups is 1. The lowest BCUT2D eigenvalue weighted by Gasteiger charge is -2.20. The second kappa shape index (κ2) is 5.87. The number of nitrogens with zero attached hydrogens (tertiary/aromatic N) is 1. The number of rotatable bonds is 5. The number of hydrogen-bond acceptors (Lipinski definition) is 3. The molecule has 1 heterocycles. The standard InChI is InChI=1S/C14H19FN2O/c1-3-11-10-17(16-14(11)8-9-18-2)13-6-4-12(15)5-7-13/h4-7,16H,3,8-10H2,1-2H3. The fraction of sp³-hybridized carbons (Fsp3) is 0.429. The van der Waals surface area contributed by atoms with Gasteiger partial charge in [0.1, 0.15) is 5.82 Å². The minimum Gasteiger partial charge on any atom is -0.384 e. The summed E-state index contributed by atoms with van der Waals surface area (Å²) in [6.07, 6.45) is 1.90. The second-order valence-corrected chi connectivity index (χ2v) is 4.35. The maximum Gasteiger partial charge on any atom is 0.123 e. The smallest absolute Gasteiger partial charge is 0.123 e. The van der Waals surface area contributed by atoms with Crippen molar-refractivity contribution in [3.05, 3.63) is 41.4 Å². The number of methoxy groups -OCH3 is 1. The van der Waals surface area contributed by atoms with Gasteiger partial charge in [0.05, 0.1) is 18.8 Å². The molecular weight excluding hydrogens is 231 g/mol. The van der Waals surface area contributed by atoms with Gasteiger partial charge in [0.15, 0.2) is 0 Å². The Morgan fingerprint density at radius 3 is 2.67 bits per heavy atom. The Balaban J connectivity index is 2.05. The topological polar surface area (TPSA) is 24.5 Å². The lowest BCUT2D eigenvalue weighted by molar-refractivity contribution is 0.200. The maximum absolute atomic E-state index is 12.9. The lowest BCUT2D eigenvalue weighted by atomic mass is 10.1. The molecule has 0 fully saturated rings. The van der Waals surface area contributed by atoms with Gasteiger partial charge >= 0.3 is 0 Å². The molecule has 0 radical (unpaired) electrons. The molecule has 1 aromatic carbocycles. The summed E-state index contributed by atoms with van der Waals surface area (Å²) in [5, 5.41) is 2.04. The average molecular weight is 250 g/mol. The van der Waals surface area contributed by atoms with Crippen molar-refractivity contribution in [3.63, 3.8) is 0 Å². The van der Waals surface area contributed by atoms with Gasteiger partial charge in [0, 0.05) is 19.2 Å². The molecular formula is C14H19FN2O. The van der Waals surface area contributed by atoms with Crippen molar-refractivity contribution in [3.8, 4) is 0 Å².